The third kappa shape index (κ3) is 4.05. The Morgan fingerprint density at radius 3 is 2.73 bits per heavy atom. The molecule has 0 spiro atoms. The molecule has 3 rings (SSSR count). The molecule has 0 fully saturated rings. The zero-order valence-electron chi connectivity index (χ0n) is 15.1. The van der Waals surface area contributed by atoms with Gasteiger partial charge in [0.15, 0.2) is 17.3 Å². The highest BCUT2D eigenvalue weighted by atomic mass is 16.7. The molecule has 26 heavy (non-hydrogen) atoms. The molecule has 0 saturated carbocycles. The van der Waals surface area contributed by atoms with Crippen LogP contribution in [-0.2, 0) is 4.79 Å². The Bertz CT molecular complexity index is 772. The fourth-order valence-corrected chi connectivity index (χ4v) is 2.92. The number of nitrogens with zero attached hydrogens (tertiary/aromatic N) is 1. The van der Waals surface area contributed by atoms with Gasteiger partial charge in [-0.3, -0.25) is 14.9 Å². The Morgan fingerprint density at radius 1 is 1.19 bits per heavy atom. The summed E-state index contributed by atoms with van der Waals surface area (Å²) in [5.41, 5.74) is 1.22. The second kappa shape index (κ2) is 7.61. The van der Waals surface area contributed by atoms with Crippen LogP contribution < -0.4 is 20.1 Å². The Labute approximate surface area is 152 Å². The van der Waals surface area contributed by atoms with Gasteiger partial charge in [0.1, 0.15) is 0 Å². The Balaban J connectivity index is 1.56. The highest BCUT2D eigenvalue weighted by Crippen LogP contribution is 2.32. The lowest BCUT2D eigenvalue weighted by molar-refractivity contribution is -0.118. The van der Waals surface area contributed by atoms with Crippen LogP contribution in [0.3, 0.4) is 0 Å². The van der Waals surface area contributed by atoms with E-state index in [4.69, 9.17) is 9.47 Å². The smallest absolute Gasteiger partial charge is 0.250 e. The highest BCUT2D eigenvalue weighted by Gasteiger charge is 2.22. The Hall–Kier alpha value is -2.80. The molecule has 2 aliphatic heterocycles. The van der Waals surface area contributed by atoms with Gasteiger partial charge in [0.25, 0.3) is 0 Å². The molecule has 1 aromatic rings. The first-order chi connectivity index (χ1) is 12.4. The average molecular weight is 357 g/mol. The van der Waals surface area contributed by atoms with Crippen LogP contribution in [0.4, 0.5) is 0 Å². The molecule has 1 amide bonds. The fourth-order valence-electron chi connectivity index (χ4n) is 2.92. The predicted molar refractivity (Wildman–Crippen MR) is 96.7 cm³/mol. The number of ketones is 1. The summed E-state index contributed by atoms with van der Waals surface area (Å²) in [5, 5.41) is 5.99. The van der Waals surface area contributed by atoms with Gasteiger partial charge in [-0.1, -0.05) is 6.08 Å². The summed E-state index contributed by atoms with van der Waals surface area (Å²) < 4.78 is 10.6. The number of carbonyl (C=O) groups excluding carboxylic acids is 2. The number of hydrogen-bond donors (Lipinski definition) is 2. The largest absolute Gasteiger partial charge is 0.454 e. The van der Waals surface area contributed by atoms with E-state index in [1.54, 1.807) is 31.3 Å². The predicted octanol–water partition coefficient (Wildman–Crippen LogP) is 1.77. The van der Waals surface area contributed by atoms with Gasteiger partial charge in [0.05, 0.1) is 12.2 Å². The molecule has 2 unspecified atom stereocenters. The lowest BCUT2D eigenvalue weighted by Gasteiger charge is -2.22. The minimum atomic E-state index is -0.464. The van der Waals surface area contributed by atoms with Crippen LogP contribution in [0.2, 0.25) is 0 Å². The van der Waals surface area contributed by atoms with Gasteiger partial charge in [0, 0.05) is 24.4 Å². The molecule has 2 heterocycles. The zero-order valence-corrected chi connectivity index (χ0v) is 15.1. The molecule has 0 aliphatic carbocycles. The van der Waals surface area contributed by atoms with Crippen molar-refractivity contribution < 1.29 is 19.1 Å². The van der Waals surface area contributed by atoms with Crippen molar-refractivity contribution in [2.75, 3.05) is 13.8 Å². The zero-order chi connectivity index (χ0) is 18.7. The first-order valence-electron chi connectivity index (χ1n) is 8.54. The second-order valence-electron chi connectivity index (χ2n) is 6.42. The maximum atomic E-state index is 12.6. The van der Waals surface area contributed by atoms with Gasteiger partial charge in [0.2, 0.25) is 12.7 Å². The van der Waals surface area contributed by atoms with E-state index in [0.717, 1.165) is 0 Å². The number of carbonyl (C=O) groups is 2. The number of amides is 1. The minimum Gasteiger partial charge on any atom is -0.454 e. The maximum Gasteiger partial charge on any atom is 0.250 e. The normalized spacial score (nSPS) is 17.5. The molecule has 2 aliphatic rings. The van der Waals surface area contributed by atoms with E-state index in [2.05, 4.69) is 10.6 Å². The van der Waals surface area contributed by atoms with Crippen molar-refractivity contribution in [3.05, 3.63) is 47.8 Å². The number of hydrogen-bond acceptors (Lipinski definition) is 6. The molecule has 7 nitrogen and oxygen atoms in total. The number of nitrogens with one attached hydrogen (secondary N) is 2. The minimum absolute atomic E-state index is 0.0797. The van der Waals surface area contributed by atoms with Crippen LogP contribution in [0.5, 0.6) is 11.5 Å². The van der Waals surface area contributed by atoms with Gasteiger partial charge in [-0.25, -0.2) is 0 Å². The summed E-state index contributed by atoms with van der Waals surface area (Å²) in [6.45, 7) is 3.75. The lowest BCUT2D eigenvalue weighted by atomic mass is 10.0. The van der Waals surface area contributed by atoms with Crippen molar-refractivity contribution >= 4 is 11.7 Å². The summed E-state index contributed by atoms with van der Waals surface area (Å²) in [6, 6.07) is 4.66. The van der Waals surface area contributed by atoms with E-state index in [0.29, 0.717) is 29.1 Å². The highest BCUT2D eigenvalue weighted by molar-refractivity contribution is 6.00. The van der Waals surface area contributed by atoms with Crippen molar-refractivity contribution in [3.63, 3.8) is 0 Å². The van der Waals surface area contributed by atoms with Crippen molar-refractivity contribution in [3.8, 4) is 11.5 Å². The summed E-state index contributed by atoms with van der Waals surface area (Å²) >= 11 is 0. The molecule has 0 aromatic heterocycles. The number of fused-ring (bicyclic) bond motifs is 1. The van der Waals surface area contributed by atoms with Gasteiger partial charge in [-0.15, -0.1) is 0 Å². The molecule has 0 saturated heterocycles. The monoisotopic (exact) mass is 357 g/mol. The number of ether oxygens (including phenoxy) is 2. The Kier molecular flexibility index (Phi) is 5.27. The third-order valence-corrected chi connectivity index (χ3v) is 4.23. The molecule has 2 N–H and O–H groups in total. The molecule has 2 atom stereocenters. The van der Waals surface area contributed by atoms with Crippen LogP contribution in [-0.4, -0.2) is 42.6 Å². The van der Waals surface area contributed by atoms with Gasteiger partial charge in [-0.2, -0.15) is 0 Å². The van der Waals surface area contributed by atoms with E-state index in [-0.39, 0.29) is 24.6 Å². The topological polar surface area (TPSA) is 79.9 Å². The number of benzene rings is 1. The summed E-state index contributed by atoms with van der Waals surface area (Å²) in [5.74, 6) is 0.987. The van der Waals surface area contributed by atoms with Crippen molar-refractivity contribution in [2.24, 2.45) is 0 Å². The maximum absolute atomic E-state index is 12.6. The van der Waals surface area contributed by atoms with Crippen molar-refractivity contribution in [1.29, 1.82) is 0 Å². The molecule has 0 radical (unpaired) electrons. The van der Waals surface area contributed by atoms with Crippen LogP contribution >= 0.6 is 0 Å². The lowest BCUT2D eigenvalue weighted by Crippen LogP contribution is -2.49. The molecular weight excluding hydrogens is 334 g/mol. The molecule has 7 heteroatoms. The van der Waals surface area contributed by atoms with Crippen LogP contribution in [0.25, 0.3) is 0 Å². The molecule has 1 aromatic carbocycles. The van der Waals surface area contributed by atoms with Crippen LogP contribution in [0.1, 0.15) is 30.6 Å². The molecule has 0 bridgehead atoms. The van der Waals surface area contributed by atoms with E-state index < -0.39 is 6.04 Å². The van der Waals surface area contributed by atoms with E-state index in [9.17, 15) is 9.59 Å². The van der Waals surface area contributed by atoms with Gasteiger partial charge in [-0.05, 0) is 44.7 Å². The van der Waals surface area contributed by atoms with Gasteiger partial charge >= 0.3 is 0 Å². The van der Waals surface area contributed by atoms with Crippen LogP contribution in [0, 0.1) is 0 Å². The van der Waals surface area contributed by atoms with Crippen molar-refractivity contribution in [2.45, 2.75) is 32.5 Å². The summed E-state index contributed by atoms with van der Waals surface area (Å²) in [4.78, 5) is 26.8. The number of allylic oxidation sites excluding steroid dienone is 1. The molecular formula is C19H23N3O4. The number of Topliss-reactive ketones (excluding diaryl/α,β-unsaturated/α-hetero) is 1. The van der Waals surface area contributed by atoms with Gasteiger partial charge < -0.3 is 19.7 Å². The SMILES string of the molecule is CC(NC(=O)C1=CN(C)C=CC1)NC(C)C(=O)c1ccc2c(c1)OCO2. The van der Waals surface area contributed by atoms with Crippen molar-refractivity contribution in [1.82, 2.24) is 15.5 Å². The van der Waals surface area contributed by atoms with E-state index >= 15 is 0 Å². The first kappa shape index (κ1) is 18.0. The number of rotatable bonds is 6. The van der Waals surface area contributed by atoms with E-state index in [1.165, 1.54) is 0 Å². The fraction of sp³-hybridized carbons (Fsp3) is 0.368. The quantitative estimate of drug-likeness (QED) is 0.597. The standard InChI is InChI=1S/C19H23N3O4/c1-12(18(23)14-6-7-16-17(9-14)26-11-25-16)20-13(2)21-19(24)15-5-4-8-22(3)10-15/h4,6-10,12-13,20H,5,11H2,1-3H3,(H,21,24). The second-order valence-corrected chi connectivity index (χ2v) is 6.42. The summed E-state index contributed by atoms with van der Waals surface area (Å²) in [6.07, 6.45) is 5.87. The average Bonchev–Trinajstić information content (AvgIpc) is 3.08. The van der Waals surface area contributed by atoms with E-state index in [1.807, 2.05) is 31.1 Å². The van der Waals surface area contributed by atoms with Crippen LogP contribution in [0.15, 0.2) is 42.2 Å². The Morgan fingerprint density at radius 2 is 1.96 bits per heavy atom. The first-order valence-corrected chi connectivity index (χ1v) is 8.54. The summed E-state index contributed by atoms with van der Waals surface area (Å²) in [7, 11) is 1.87. The molecule has 138 valence electrons. The third-order valence-electron chi connectivity index (χ3n) is 4.23.